The van der Waals surface area contributed by atoms with Crippen molar-refractivity contribution in [2.45, 2.75) is 38.1 Å². The summed E-state index contributed by atoms with van der Waals surface area (Å²) in [6.45, 7) is 6.38. The van der Waals surface area contributed by atoms with Crippen LogP contribution >= 0.6 is 8.73 Å². The van der Waals surface area contributed by atoms with Gasteiger partial charge in [-0.1, -0.05) is 76.3 Å². The van der Waals surface area contributed by atoms with Crippen LogP contribution in [0.25, 0.3) is 0 Å². The summed E-state index contributed by atoms with van der Waals surface area (Å²) in [5.74, 6) is 0.291. The molecule has 0 radical (unpaired) electrons. The number of ketones is 1. The van der Waals surface area contributed by atoms with Gasteiger partial charge in [0.2, 0.25) is 0 Å². The third-order valence-corrected chi connectivity index (χ3v) is 6.09. The Kier molecular flexibility index (Phi) is 6.71. The molecular formula is C21H28NOP. The van der Waals surface area contributed by atoms with Crippen LogP contribution in [0.5, 0.6) is 0 Å². The first-order valence-electron chi connectivity index (χ1n) is 8.60. The van der Waals surface area contributed by atoms with Gasteiger partial charge < -0.3 is 0 Å². The molecule has 0 N–H and O–H groups in total. The fourth-order valence-electron chi connectivity index (χ4n) is 3.39. The van der Waals surface area contributed by atoms with E-state index in [4.69, 9.17) is 0 Å². The molecule has 0 aliphatic carbocycles. The van der Waals surface area contributed by atoms with Crippen molar-refractivity contribution >= 4 is 14.5 Å². The molecule has 0 heterocycles. The lowest BCUT2D eigenvalue weighted by molar-refractivity contribution is -0.123. The van der Waals surface area contributed by atoms with Gasteiger partial charge >= 0.3 is 0 Å². The summed E-state index contributed by atoms with van der Waals surface area (Å²) in [6, 6.07) is 20.9. The molecule has 24 heavy (non-hydrogen) atoms. The van der Waals surface area contributed by atoms with E-state index in [1.54, 1.807) is 0 Å². The number of hydrogen-bond acceptors (Lipinski definition) is 2. The highest BCUT2D eigenvalue weighted by molar-refractivity contribution is 7.34. The van der Waals surface area contributed by atoms with Crippen molar-refractivity contribution in [2.75, 3.05) is 13.7 Å². The molecule has 0 amide bonds. The minimum Gasteiger partial charge on any atom is -0.298 e. The third kappa shape index (κ3) is 3.77. The van der Waals surface area contributed by atoms with Gasteiger partial charge in [-0.15, -0.1) is 0 Å². The minimum absolute atomic E-state index is 0.291. The molecule has 0 fully saturated rings. The largest absolute Gasteiger partial charge is 0.298 e. The molecule has 0 spiro atoms. The van der Waals surface area contributed by atoms with Crippen molar-refractivity contribution in [3.05, 3.63) is 71.8 Å². The van der Waals surface area contributed by atoms with Crippen LogP contribution in [0.1, 0.15) is 37.8 Å². The van der Waals surface area contributed by atoms with Crippen LogP contribution in [0.4, 0.5) is 0 Å². The third-order valence-electron chi connectivity index (χ3n) is 4.95. The fourth-order valence-corrected chi connectivity index (χ4v) is 3.92. The lowest BCUT2D eigenvalue weighted by atomic mass is 9.67. The maximum Gasteiger partial charge on any atom is 0.147 e. The van der Waals surface area contributed by atoms with Gasteiger partial charge in [0.05, 0.1) is 5.41 Å². The molecule has 2 rings (SSSR count). The number of carbonyl (C=O) groups excluding carboxylic acids is 1. The first kappa shape index (κ1) is 18.8. The van der Waals surface area contributed by atoms with Crippen LogP contribution in [0.2, 0.25) is 0 Å². The second kappa shape index (κ2) is 8.55. The Labute approximate surface area is 148 Å². The van der Waals surface area contributed by atoms with E-state index < -0.39 is 5.41 Å². The van der Waals surface area contributed by atoms with Crippen molar-refractivity contribution in [1.82, 2.24) is 4.67 Å². The average molecular weight is 341 g/mol. The SMILES string of the molecule is CCC(=O)C(CC(C)N(C)PC)(c1ccccc1)c1ccccc1. The molecule has 0 aliphatic heterocycles. The van der Waals surface area contributed by atoms with Crippen molar-refractivity contribution < 1.29 is 4.79 Å². The van der Waals surface area contributed by atoms with Gasteiger partial charge in [-0.3, -0.25) is 9.46 Å². The van der Waals surface area contributed by atoms with Crippen molar-refractivity contribution in [3.63, 3.8) is 0 Å². The van der Waals surface area contributed by atoms with Crippen molar-refractivity contribution in [3.8, 4) is 0 Å². The first-order chi connectivity index (χ1) is 11.6. The minimum atomic E-state index is -0.579. The summed E-state index contributed by atoms with van der Waals surface area (Å²) in [5.41, 5.74) is 1.62. The Hall–Kier alpha value is -1.50. The summed E-state index contributed by atoms with van der Waals surface area (Å²) >= 11 is 0. The summed E-state index contributed by atoms with van der Waals surface area (Å²) in [6.07, 6.45) is 1.33. The molecule has 2 aromatic carbocycles. The number of rotatable bonds is 8. The molecule has 2 unspecified atom stereocenters. The van der Waals surface area contributed by atoms with E-state index in [0.717, 1.165) is 26.3 Å². The summed E-state index contributed by atoms with van der Waals surface area (Å²) in [4.78, 5) is 13.3. The second-order valence-corrected chi connectivity index (χ2v) is 7.45. The predicted octanol–water partition coefficient (Wildman–Crippen LogP) is 4.89. The summed E-state index contributed by atoms with van der Waals surface area (Å²) in [7, 11) is 2.87. The van der Waals surface area contributed by atoms with E-state index in [9.17, 15) is 4.79 Å². The molecule has 0 aromatic heterocycles. The second-order valence-electron chi connectivity index (χ2n) is 6.30. The number of nitrogens with zero attached hydrogens (tertiary/aromatic N) is 1. The molecule has 0 saturated heterocycles. The highest BCUT2D eigenvalue weighted by atomic mass is 31.1. The summed E-state index contributed by atoms with van der Waals surface area (Å²) in [5, 5.41) is 0. The van der Waals surface area contributed by atoms with Crippen LogP contribution in [-0.4, -0.2) is 30.2 Å². The number of carbonyl (C=O) groups is 1. The lowest BCUT2D eigenvalue weighted by Crippen LogP contribution is -2.42. The summed E-state index contributed by atoms with van der Waals surface area (Å²) < 4.78 is 2.34. The monoisotopic (exact) mass is 341 g/mol. The van der Waals surface area contributed by atoms with Gasteiger partial charge in [0, 0.05) is 12.5 Å². The van der Waals surface area contributed by atoms with Crippen LogP contribution in [-0.2, 0) is 10.2 Å². The van der Waals surface area contributed by atoms with Gasteiger partial charge in [-0.05, 0) is 38.2 Å². The van der Waals surface area contributed by atoms with E-state index in [1.165, 1.54) is 0 Å². The molecule has 2 aromatic rings. The number of hydrogen-bond donors (Lipinski definition) is 0. The smallest absolute Gasteiger partial charge is 0.147 e. The van der Waals surface area contributed by atoms with E-state index >= 15 is 0 Å². The molecule has 0 saturated carbocycles. The standard InChI is InChI=1S/C21H28NOP/c1-5-20(23)21(16-17(2)22(3)24-4,18-12-8-6-9-13-18)19-14-10-7-11-15-19/h6-15,17,24H,5,16H2,1-4H3. The quantitative estimate of drug-likeness (QED) is 0.638. The van der Waals surface area contributed by atoms with Gasteiger partial charge in [-0.2, -0.15) is 0 Å². The maximum atomic E-state index is 13.3. The maximum absolute atomic E-state index is 13.3. The zero-order valence-corrected chi connectivity index (χ0v) is 16.1. The number of Topliss-reactive ketones (excluding diaryl/α,β-unsaturated/α-hetero) is 1. The average Bonchev–Trinajstić information content (AvgIpc) is 2.66. The molecule has 2 nitrogen and oxygen atoms in total. The molecule has 0 aliphatic rings. The number of benzene rings is 2. The van der Waals surface area contributed by atoms with Crippen molar-refractivity contribution in [2.24, 2.45) is 0 Å². The zero-order valence-electron chi connectivity index (χ0n) is 15.1. The van der Waals surface area contributed by atoms with Gasteiger partial charge in [0.15, 0.2) is 0 Å². The van der Waals surface area contributed by atoms with Crippen LogP contribution in [0.15, 0.2) is 60.7 Å². The first-order valence-corrected chi connectivity index (χ1v) is 10.1. The Morgan fingerprint density at radius 1 is 1.04 bits per heavy atom. The lowest BCUT2D eigenvalue weighted by Gasteiger charge is -2.38. The van der Waals surface area contributed by atoms with Crippen molar-refractivity contribution in [1.29, 1.82) is 0 Å². The topological polar surface area (TPSA) is 20.3 Å². The molecular weight excluding hydrogens is 313 g/mol. The Morgan fingerprint density at radius 2 is 1.50 bits per heavy atom. The van der Waals surface area contributed by atoms with E-state index in [-0.39, 0.29) is 0 Å². The zero-order chi connectivity index (χ0) is 17.6. The van der Waals surface area contributed by atoms with Gasteiger partial charge in [0.1, 0.15) is 5.78 Å². The van der Waals surface area contributed by atoms with E-state index in [0.29, 0.717) is 18.2 Å². The molecule has 0 bridgehead atoms. The Morgan fingerprint density at radius 3 is 1.88 bits per heavy atom. The molecule has 3 heteroatoms. The predicted molar refractivity (Wildman–Crippen MR) is 105 cm³/mol. The highest BCUT2D eigenvalue weighted by Crippen LogP contribution is 2.40. The fraction of sp³-hybridized carbons (Fsp3) is 0.381. The van der Waals surface area contributed by atoms with Gasteiger partial charge in [0.25, 0.3) is 0 Å². The van der Waals surface area contributed by atoms with Crippen LogP contribution in [0.3, 0.4) is 0 Å². The van der Waals surface area contributed by atoms with E-state index in [2.05, 4.69) is 49.6 Å². The molecule has 2 atom stereocenters. The van der Waals surface area contributed by atoms with E-state index in [1.807, 2.05) is 43.3 Å². The Bertz CT molecular complexity index is 602. The van der Waals surface area contributed by atoms with Crippen LogP contribution in [0, 0.1) is 0 Å². The van der Waals surface area contributed by atoms with Gasteiger partial charge in [-0.25, -0.2) is 0 Å². The highest BCUT2D eigenvalue weighted by Gasteiger charge is 2.42. The van der Waals surface area contributed by atoms with Crippen LogP contribution < -0.4 is 0 Å². The normalized spacial score (nSPS) is 13.5. The molecule has 128 valence electrons. The Balaban J connectivity index is 2.63.